The Bertz CT molecular complexity index is 555. The molecule has 0 atom stereocenters. The molecule has 1 aromatic carbocycles. The third kappa shape index (κ3) is 3.37. The van der Waals surface area contributed by atoms with Gasteiger partial charge in [0.05, 0.1) is 0 Å². The number of benzene rings is 1. The van der Waals surface area contributed by atoms with Crippen LogP contribution in [0.15, 0.2) is 41.4 Å². The maximum Gasteiger partial charge on any atom is 0.315 e. The number of rotatable bonds is 6. The largest absolute Gasteiger partial charge is 0.489 e. The van der Waals surface area contributed by atoms with E-state index in [2.05, 4.69) is 21.2 Å². The maximum atomic E-state index is 12.3. The Morgan fingerprint density at radius 2 is 2.16 bits per heavy atom. The molecular weight excluding hydrogens is 254 g/mol. The molecule has 0 aliphatic heterocycles. The summed E-state index contributed by atoms with van der Waals surface area (Å²) >= 11 is 0. The molecule has 0 saturated carbocycles. The smallest absolute Gasteiger partial charge is 0.315 e. The van der Waals surface area contributed by atoms with Gasteiger partial charge in [0.25, 0.3) is 5.89 Å². The summed E-state index contributed by atoms with van der Waals surface area (Å²) in [6.45, 7) is 3.93. The summed E-state index contributed by atoms with van der Waals surface area (Å²) in [6, 6.07) is 7.25. The standard InChI is InChI=1S/C13H12F2N2O2/c1-2-7-18-10-6-4-3-5-9(10)8-11-16-13(12(14)15)19-17-11/h2-6,12H,1,7-8H2. The number of hydrogen-bond donors (Lipinski definition) is 0. The zero-order valence-electron chi connectivity index (χ0n) is 10.1. The van der Waals surface area contributed by atoms with Crippen LogP contribution < -0.4 is 4.74 Å². The molecule has 100 valence electrons. The van der Waals surface area contributed by atoms with Gasteiger partial charge in [0.15, 0.2) is 5.82 Å². The summed E-state index contributed by atoms with van der Waals surface area (Å²) in [5, 5.41) is 3.51. The Morgan fingerprint density at radius 1 is 1.37 bits per heavy atom. The van der Waals surface area contributed by atoms with Gasteiger partial charge in [0, 0.05) is 12.0 Å². The Morgan fingerprint density at radius 3 is 2.84 bits per heavy atom. The van der Waals surface area contributed by atoms with Crippen LogP contribution in [-0.4, -0.2) is 16.7 Å². The van der Waals surface area contributed by atoms with Gasteiger partial charge in [-0.2, -0.15) is 13.8 Å². The molecule has 0 unspecified atom stereocenters. The molecule has 1 heterocycles. The van der Waals surface area contributed by atoms with Crippen LogP contribution >= 0.6 is 0 Å². The first-order valence-electron chi connectivity index (χ1n) is 5.63. The second-order valence-corrected chi connectivity index (χ2v) is 3.73. The monoisotopic (exact) mass is 266 g/mol. The number of halogens is 2. The molecule has 19 heavy (non-hydrogen) atoms. The molecule has 6 heteroatoms. The van der Waals surface area contributed by atoms with Crippen LogP contribution in [-0.2, 0) is 6.42 Å². The lowest BCUT2D eigenvalue weighted by Crippen LogP contribution is -1.99. The van der Waals surface area contributed by atoms with Gasteiger partial charge in [-0.3, -0.25) is 0 Å². The van der Waals surface area contributed by atoms with E-state index in [0.717, 1.165) is 5.56 Å². The van der Waals surface area contributed by atoms with Crippen molar-refractivity contribution in [3.05, 3.63) is 54.2 Å². The molecule has 0 radical (unpaired) electrons. The molecular formula is C13H12F2N2O2. The average Bonchev–Trinajstić information content (AvgIpc) is 2.86. The van der Waals surface area contributed by atoms with Crippen LogP contribution in [0.2, 0.25) is 0 Å². The molecule has 1 aromatic heterocycles. The minimum atomic E-state index is -2.76. The fourth-order valence-corrected chi connectivity index (χ4v) is 1.54. The van der Waals surface area contributed by atoms with Gasteiger partial charge in [0.1, 0.15) is 12.4 Å². The highest BCUT2D eigenvalue weighted by Gasteiger charge is 2.17. The number of para-hydroxylation sites is 1. The van der Waals surface area contributed by atoms with Crippen LogP contribution in [0.5, 0.6) is 5.75 Å². The minimum Gasteiger partial charge on any atom is -0.489 e. The van der Waals surface area contributed by atoms with Gasteiger partial charge < -0.3 is 9.26 Å². The van der Waals surface area contributed by atoms with Gasteiger partial charge in [-0.05, 0) is 6.07 Å². The summed E-state index contributed by atoms with van der Waals surface area (Å²) in [6.07, 6.45) is -0.864. The Balaban J connectivity index is 2.15. The Labute approximate surface area is 108 Å². The van der Waals surface area contributed by atoms with Gasteiger partial charge in [-0.1, -0.05) is 36.0 Å². The molecule has 0 saturated heterocycles. The van der Waals surface area contributed by atoms with E-state index in [9.17, 15) is 8.78 Å². The van der Waals surface area contributed by atoms with E-state index in [1.165, 1.54) is 0 Å². The van der Waals surface area contributed by atoms with Crippen LogP contribution in [0.3, 0.4) is 0 Å². The highest BCUT2D eigenvalue weighted by atomic mass is 19.3. The zero-order valence-corrected chi connectivity index (χ0v) is 10.1. The van der Waals surface area contributed by atoms with Crippen molar-refractivity contribution >= 4 is 0 Å². The minimum absolute atomic E-state index is 0.199. The maximum absolute atomic E-state index is 12.3. The lowest BCUT2D eigenvalue weighted by Gasteiger charge is -2.07. The van der Waals surface area contributed by atoms with Gasteiger partial charge in [0.2, 0.25) is 0 Å². The van der Waals surface area contributed by atoms with Crippen molar-refractivity contribution in [2.75, 3.05) is 6.61 Å². The molecule has 0 amide bonds. The lowest BCUT2D eigenvalue weighted by molar-refractivity contribution is 0.106. The second-order valence-electron chi connectivity index (χ2n) is 3.73. The molecule has 0 aliphatic rings. The van der Waals surface area contributed by atoms with Crippen LogP contribution in [0.4, 0.5) is 8.78 Å². The van der Waals surface area contributed by atoms with Crippen molar-refractivity contribution in [1.82, 2.24) is 10.1 Å². The molecule has 0 spiro atoms. The number of hydrogen-bond acceptors (Lipinski definition) is 4. The summed E-state index contributed by atoms with van der Waals surface area (Å²) < 4.78 is 34.6. The highest BCUT2D eigenvalue weighted by molar-refractivity contribution is 5.35. The van der Waals surface area contributed by atoms with Crippen molar-refractivity contribution in [2.24, 2.45) is 0 Å². The van der Waals surface area contributed by atoms with E-state index >= 15 is 0 Å². The molecule has 2 rings (SSSR count). The Hall–Kier alpha value is -2.24. The first-order valence-corrected chi connectivity index (χ1v) is 5.63. The molecule has 0 N–H and O–H groups in total. The number of ether oxygens (including phenoxy) is 1. The predicted molar refractivity (Wildman–Crippen MR) is 64.2 cm³/mol. The third-order valence-electron chi connectivity index (χ3n) is 2.35. The SMILES string of the molecule is C=CCOc1ccccc1Cc1noc(C(F)F)n1. The number of aromatic nitrogens is 2. The topological polar surface area (TPSA) is 48.2 Å². The Kier molecular flexibility index (Phi) is 4.22. The first kappa shape index (κ1) is 13.2. The van der Waals surface area contributed by atoms with E-state index in [-0.39, 0.29) is 12.2 Å². The first-order chi connectivity index (χ1) is 9.20. The highest BCUT2D eigenvalue weighted by Crippen LogP contribution is 2.22. The normalized spacial score (nSPS) is 10.7. The van der Waals surface area contributed by atoms with Crippen LogP contribution in [0.1, 0.15) is 23.7 Å². The van der Waals surface area contributed by atoms with E-state index in [4.69, 9.17) is 4.74 Å². The van der Waals surface area contributed by atoms with Crippen molar-refractivity contribution in [3.63, 3.8) is 0 Å². The number of alkyl halides is 2. The molecule has 0 bridgehead atoms. The van der Waals surface area contributed by atoms with Gasteiger partial charge in [-0.25, -0.2) is 0 Å². The van der Waals surface area contributed by atoms with Crippen LogP contribution in [0.25, 0.3) is 0 Å². The predicted octanol–water partition coefficient (Wildman–Crippen LogP) is 3.16. The van der Waals surface area contributed by atoms with E-state index < -0.39 is 12.3 Å². The molecule has 2 aromatic rings. The number of nitrogens with zero attached hydrogens (tertiary/aromatic N) is 2. The lowest BCUT2D eigenvalue weighted by atomic mass is 10.1. The summed E-state index contributed by atoms with van der Waals surface area (Å²) in [5.41, 5.74) is 0.797. The van der Waals surface area contributed by atoms with Crippen LogP contribution in [0, 0.1) is 0 Å². The fraction of sp³-hybridized carbons (Fsp3) is 0.231. The van der Waals surface area contributed by atoms with E-state index in [1.54, 1.807) is 12.1 Å². The second kappa shape index (κ2) is 6.08. The summed E-state index contributed by atoms with van der Waals surface area (Å²) in [5.74, 6) is 0.176. The molecule has 0 fully saturated rings. The average molecular weight is 266 g/mol. The quantitative estimate of drug-likeness (QED) is 0.753. The van der Waals surface area contributed by atoms with Crippen molar-refractivity contribution in [3.8, 4) is 5.75 Å². The van der Waals surface area contributed by atoms with E-state index in [1.807, 2.05) is 18.2 Å². The summed E-state index contributed by atoms with van der Waals surface area (Å²) in [7, 11) is 0. The van der Waals surface area contributed by atoms with Gasteiger partial charge in [-0.15, -0.1) is 0 Å². The molecule has 4 nitrogen and oxygen atoms in total. The van der Waals surface area contributed by atoms with Crippen molar-refractivity contribution in [2.45, 2.75) is 12.8 Å². The summed E-state index contributed by atoms with van der Waals surface area (Å²) in [4.78, 5) is 3.62. The van der Waals surface area contributed by atoms with Crippen molar-refractivity contribution < 1.29 is 18.0 Å². The molecule has 0 aliphatic carbocycles. The fourth-order valence-electron chi connectivity index (χ4n) is 1.54. The van der Waals surface area contributed by atoms with Crippen molar-refractivity contribution in [1.29, 1.82) is 0 Å². The third-order valence-corrected chi connectivity index (χ3v) is 2.35. The zero-order chi connectivity index (χ0) is 13.7. The van der Waals surface area contributed by atoms with Gasteiger partial charge >= 0.3 is 6.43 Å². The van der Waals surface area contributed by atoms with E-state index in [0.29, 0.717) is 12.4 Å².